The third-order valence-corrected chi connectivity index (χ3v) is 8.90. The molecule has 4 atom stereocenters. The SMILES string of the molecule is CC(C)[C@H](NC(=O)OCC1C2CCC#CCCC21)C(=O)N[C@H](CCCNC(N)=O)C(=O)Nc1ccc(COC(=O)Oc2ccc([N+](=O)[O-])cc2)cc1. The Labute approximate surface area is 301 Å². The number of carbonyl (C=O) groups is 5. The number of hydrogen-bond acceptors (Lipinski definition) is 10. The van der Waals surface area contributed by atoms with Crippen LogP contribution in [0.25, 0.3) is 0 Å². The summed E-state index contributed by atoms with van der Waals surface area (Å²) in [7, 11) is 0. The molecule has 0 saturated heterocycles. The minimum absolute atomic E-state index is 0.0730. The molecule has 0 radical (unpaired) electrons. The van der Waals surface area contributed by atoms with E-state index in [2.05, 4.69) is 33.1 Å². The summed E-state index contributed by atoms with van der Waals surface area (Å²) in [5.41, 5.74) is 5.95. The molecule has 0 heterocycles. The van der Waals surface area contributed by atoms with Gasteiger partial charge in [0.25, 0.3) is 5.69 Å². The largest absolute Gasteiger partial charge is 0.514 e. The molecule has 52 heavy (non-hydrogen) atoms. The molecule has 1 saturated carbocycles. The number of carbonyl (C=O) groups excluding carboxylic acids is 5. The minimum Gasteiger partial charge on any atom is -0.449 e. The number of amides is 5. The number of benzene rings is 2. The second-order valence-electron chi connectivity index (χ2n) is 13.0. The number of urea groups is 1. The minimum atomic E-state index is -1.04. The molecule has 278 valence electrons. The Hall–Kier alpha value is -5.85. The van der Waals surface area contributed by atoms with Crippen molar-refractivity contribution in [1.29, 1.82) is 0 Å². The van der Waals surface area contributed by atoms with Crippen molar-refractivity contribution in [2.75, 3.05) is 18.5 Å². The highest BCUT2D eigenvalue weighted by atomic mass is 16.7. The molecule has 2 unspecified atom stereocenters. The Kier molecular flexibility index (Phi) is 14.2. The van der Waals surface area contributed by atoms with Crippen LogP contribution in [0.15, 0.2) is 48.5 Å². The van der Waals surface area contributed by atoms with Crippen molar-refractivity contribution < 1.29 is 43.1 Å². The molecule has 2 aliphatic carbocycles. The number of nitrogens with one attached hydrogen (secondary N) is 4. The quantitative estimate of drug-likeness (QED) is 0.0410. The van der Waals surface area contributed by atoms with Crippen LogP contribution in [0.5, 0.6) is 5.75 Å². The highest BCUT2D eigenvalue weighted by molar-refractivity contribution is 5.98. The average molecular weight is 721 g/mol. The average Bonchev–Trinajstić information content (AvgIpc) is 3.75. The topological polar surface area (TPSA) is 230 Å². The lowest BCUT2D eigenvalue weighted by Gasteiger charge is -2.25. The van der Waals surface area contributed by atoms with E-state index in [0.29, 0.717) is 29.5 Å². The van der Waals surface area contributed by atoms with Gasteiger partial charge >= 0.3 is 18.3 Å². The normalized spacial score (nSPS) is 18.3. The van der Waals surface area contributed by atoms with Crippen LogP contribution in [0.3, 0.4) is 0 Å². The molecule has 2 aliphatic rings. The number of nitrogens with two attached hydrogens (primary N) is 1. The van der Waals surface area contributed by atoms with E-state index in [0.717, 1.165) is 25.7 Å². The maximum Gasteiger partial charge on any atom is 0.514 e. The van der Waals surface area contributed by atoms with Crippen molar-refractivity contribution in [3.63, 3.8) is 0 Å². The Morgan fingerprint density at radius 1 is 0.923 bits per heavy atom. The van der Waals surface area contributed by atoms with Gasteiger partial charge in [-0.25, -0.2) is 14.4 Å². The zero-order valence-corrected chi connectivity index (χ0v) is 29.1. The summed E-state index contributed by atoms with van der Waals surface area (Å²) >= 11 is 0. The number of nitro groups is 1. The summed E-state index contributed by atoms with van der Waals surface area (Å²) in [6.45, 7) is 3.81. The molecule has 2 aromatic rings. The number of non-ortho nitro benzene ring substituents is 1. The van der Waals surface area contributed by atoms with Crippen LogP contribution < -0.4 is 31.7 Å². The maximum absolute atomic E-state index is 13.4. The molecule has 0 spiro atoms. The third-order valence-electron chi connectivity index (χ3n) is 8.90. The highest BCUT2D eigenvalue weighted by Crippen LogP contribution is 2.52. The van der Waals surface area contributed by atoms with Crippen molar-refractivity contribution in [2.24, 2.45) is 29.4 Å². The van der Waals surface area contributed by atoms with Gasteiger partial charge in [0, 0.05) is 37.2 Å². The predicted molar refractivity (Wildman–Crippen MR) is 188 cm³/mol. The molecule has 5 amide bonds. The fraction of sp³-hybridized carbons (Fsp3) is 0.472. The molecule has 6 N–H and O–H groups in total. The summed E-state index contributed by atoms with van der Waals surface area (Å²) in [6.07, 6.45) is 2.41. The summed E-state index contributed by atoms with van der Waals surface area (Å²) in [4.78, 5) is 73.0. The number of rotatable bonds is 16. The van der Waals surface area contributed by atoms with E-state index in [1.807, 2.05) is 0 Å². The Morgan fingerprint density at radius 2 is 1.58 bits per heavy atom. The molecule has 16 nitrogen and oxygen atoms in total. The van der Waals surface area contributed by atoms with Gasteiger partial charge in [-0.3, -0.25) is 19.7 Å². The number of nitro benzene ring substituents is 1. The zero-order chi connectivity index (χ0) is 37.6. The third kappa shape index (κ3) is 12.2. The van der Waals surface area contributed by atoms with E-state index >= 15 is 0 Å². The van der Waals surface area contributed by atoms with Gasteiger partial charge in [0.1, 0.15) is 24.4 Å². The number of nitrogens with zero attached hydrogens (tertiary/aromatic N) is 1. The number of primary amides is 1. The fourth-order valence-corrected chi connectivity index (χ4v) is 6.02. The highest BCUT2D eigenvalue weighted by Gasteiger charge is 2.49. The summed E-state index contributed by atoms with van der Waals surface area (Å²) in [5.74, 6) is 6.23. The lowest BCUT2D eigenvalue weighted by molar-refractivity contribution is -0.384. The first-order valence-corrected chi connectivity index (χ1v) is 17.1. The molecule has 4 rings (SSSR count). The van der Waals surface area contributed by atoms with Crippen molar-refractivity contribution >= 4 is 41.5 Å². The van der Waals surface area contributed by atoms with Crippen molar-refractivity contribution in [3.05, 3.63) is 64.2 Å². The second kappa shape index (κ2) is 18.9. The van der Waals surface area contributed by atoms with Crippen LogP contribution in [-0.2, 0) is 25.7 Å². The predicted octanol–water partition coefficient (Wildman–Crippen LogP) is 4.37. The van der Waals surface area contributed by atoms with Gasteiger partial charge < -0.3 is 41.2 Å². The first kappa shape index (κ1) is 38.9. The Bertz CT molecular complexity index is 1640. The molecular weight excluding hydrogens is 676 g/mol. The number of ether oxygens (including phenoxy) is 3. The lowest BCUT2D eigenvalue weighted by Crippen LogP contribution is -2.54. The van der Waals surface area contributed by atoms with Crippen LogP contribution in [-0.4, -0.2) is 60.3 Å². The van der Waals surface area contributed by atoms with Crippen LogP contribution in [0.1, 0.15) is 57.9 Å². The van der Waals surface area contributed by atoms with E-state index in [-0.39, 0.29) is 49.5 Å². The lowest BCUT2D eigenvalue weighted by atomic mass is 10.0. The van der Waals surface area contributed by atoms with E-state index in [9.17, 15) is 34.1 Å². The molecule has 0 aliphatic heterocycles. The number of anilines is 1. The Balaban J connectivity index is 1.29. The zero-order valence-electron chi connectivity index (χ0n) is 29.1. The van der Waals surface area contributed by atoms with E-state index in [1.54, 1.807) is 38.1 Å². The number of hydrogen-bond donors (Lipinski definition) is 5. The van der Waals surface area contributed by atoms with Gasteiger partial charge in [0.05, 0.1) is 11.5 Å². The molecule has 0 aromatic heterocycles. The van der Waals surface area contributed by atoms with E-state index in [4.69, 9.17) is 19.9 Å². The maximum atomic E-state index is 13.4. The first-order chi connectivity index (χ1) is 24.9. The summed E-state index contributed by atoms with van der Waals surface area (Å²) in [5, 5.41) is 21.4. The van der Waals surface area contributed by atoms with Crippen molar-refractivity contribution in [3.8, 4) is 17.6 Å². The number of alkyl carbamates (subject to hydrolysis) is 1. The van der Waals surface area contributed by atoms with Gasteiger partial charge in [0.15, 0.2) is 0 Å². The van der Waals surface area contributed by atoms with Crippen LogP contribution in [0.4, 0.5) is 25.8 Å². The van der Waals surface area contributed by atoms with Gasteiger partial charge in [-0.15, -0.1) is 11.8 Å². The molecular formula is C36H44N6O10. The van der Waals surface area contributed by atoms with Gasteiger partial charge in [0.2, 0.25) is 11.8 Å². The first-order valence-electron chi connectivity index (χ1n) is 17.1. The summed E-state index contributed by atoms with van der Waals surface area (Å²) < 4.78 is 15.6. The summed E-state index contributed by atoms with van der Waals surface area (Å²) in [6, 6.07) is 8.55. The van der Waals surface area contributed by atoms with Crippen LogP contribution in [0.2, 0.25) is 0 Å². The molecule has 1 fully saturated rings. The van der Waals surface area contributed by atoms with Gasteiger partial charge in [-0.1, -0.05) is 26.0 Å². The molecule has 2 aromatic carbocycles. The van der Waals surface area contributed by atoms with E-state index < -0.39 is 47.1 Å². The van der Waals surface area contributed by atoms with Crippen LogP contribution >= 0.6 is 0 Å². The molecule has 16 heteroatoms. The standard InChI is InChI=1S/C36H44N6O10/c1-22(2)31(41-35(46)50-21-29-27-8-5-3-4-6-9-28(27)29)33(44)40-30(10-7-19-38-34(37)45)32(43)39-24-13-11-23(12-14-24)20-51-36(47)52-26-17-15-25(16-18-26)42(48)49/h11-18,22,27-31H,5-10,19-21H2,1-2H3,(H,39,43)(H,40,44)(H,41,46)(H3,37,38,45)/t27?,28?,29?,30-,31+/m1/s1. The smallest absolute Gasteiger partial charge is 0.449 e. The van der Waals surface area contributed by atoms with Crippen molar-refractivity contribution in [1.82, 2.24) is 16.0 Å². The van der Waals surface area contributed by atoms with Crippen LogP contribution in [0, 0.1) is 45.6 Å². The van der Waals surface area contributed by atoms with Crippen molar-refractivity contribution in [2.45, 2.75) is 71.1 Å². The fourth-order valence-electron chi connectivity index (χ4n) is 6.02. The second-order valence-corrected chi connectivity index (χ2v) is 13.0. The molecule has 0 bridgehead atoms. The number of fused-ring (bicyclic) bond motifs is 1. The van der Waals surface area contributed by atoms with Gasteiger partial charge in [-0.2, -0.15) is 0 Å². The monoisotopic (exact) mass is 720 g/mol. The van der Waals surface area contributed by atoms with E-state index in [1.165, 1.54) is 24.3 Å². The van der Waals surface area contributed by atoms with Gasteiger partial charge in [-0.05, 0) is 79.2 Å². The Morgan fingerprint density at radius 3 is 2.17 bits per heavy atom.